The average molecular weight is 111 g/mol. The Kier molecular flexibility index (Phi) is 4.67. The van der Waals surface area contributed by atoms with E-state index in [1.54, 1.807) is 6.07 Å². The summed E-state index contributed by atoms with van der Waals surface area (Å²) in [5.41, 5.74) is 0. The maximum Gasteiger partial charge on any atom is 0.248 e. The van der Waals surface area contributed by atoms with Crippen molar-refractivity contribution in [3.63, 3.8) is 0 Å². The van der Waals surface area contributed by atoms with Gasteiger partial charge in [0.05, 0.1) is 0 Å². The zero-order valence-electron chi connectivity index (χ0n) is 4.00. The van der Waals surface area contributed by atoms with Crippen molar-refractivity contribution >= 4 is 12.5 Å². The summed E-state index contributed by atoms with van der Waals surface area (Å²) in [5.74, 6) is 0. The third-order valence-corrected chi connectivity index (χ3v) is 0.309. The van der Waals surface area contributed by atoms with Crippen molar-refractivity contribution in [1.29, 1.82) is 5.26 Å². The number of carbonyl (C=O) groups excluding carboxylic acids is 1. The molecule has 0 aliphatic rings. The van der Waals surface area contributed by atoms with E-state index >= 15 is 0 Å². The summed E-state index contributed by atoms with van der Waals surface area (Å²) >= 11 is 0. The van der Waals surface area contributed by atoms with Crippen molar-refractivity contribution in [2.75, 3.05) is 6.61 Å². The Morgan fingerprint density at radius 3 is 3.12 bits per heavy atom. The van der Waals surface area contributed by atoms with E-state index in [-0.39, 0.29) is 6.61 Å². The van der Waals surface area contributed by atoms with Crippen LogP contribution in [0.15, 0.2) is 5.16 Å². The Bertz CT molecular complexity index is 124. The smallest absolute Gasteiger partial charge is 0.248 e. The summed E-state index contributed by atoms with van der Waals surface area (Å²) in [7, 11) is 0. The lowest BCUT2D eigenvalue weighted by Gasteiger charge is -1.81. The van der Waals surface area contributed by atoms with Gasteiger partial charge >= 0.3 is 0 Å². The van der Waals surface area contributed by atoms with Crippen LogP contribution in [0.3, 0.4) is 0 Å². The average Bonchev–Trinajstić information content (AvgIpc) is 1.81. The lowest BCUT2D eigenvalue weighted by molar-refractivity contribution is 0.180. The molecule has 0 atom stereocenters. The zero-order valence-corrected chi connectivity index (χ0v) is 4.00. The molecule has 0 aliphatic heterocycles. The van der Waals surface area contributed by atoms with Gasteiger partial charge in [-0.1, -0.05) is 5.16 Å². The first-order chi connectivity index (χ1) is 3.91. The van der Waals surface area contributed by atoms with Crippen LogP contribution in [0.25, 0.3) is 0 Å². The molecule has 0 unspecified atom stereocenters. The normalized spacial score (nSPS) is 8.38. The Labute approximate surface area is 46.4 Å². The third kappa shape index (κ3) is 4.63. The van der Waals surface area contributed by atoms with E-state index in [0.717, 1.165) is 6.21 Å². The van der Waals surface area contributed by atoms with E-state index in [0.29, 0.717) is 0 Å². The lowest BCUT2D eigenvalue weighted by atomic mass is 10.8. The van der Waals surface area contributed by atoms with E-state index < -0.39 is 0 Å². The van der Waals surface area contributed by atoms with Crippen LogP contribution in [-0.2, 0) is 9.63 Å². The maximum atomic E-state index is 9.33. The highest BCUT2D eigenvalue weighted by Crippen LogP contribution is 1.67. The van der Waals surface area contributed by atoms with Crippen LogP contribution < -0.4 is 0 Å². The minimum atomic E-state index is -0.141. The van der Waals surface area contributed by atoms with E-state index in [4.69, 9.17) is 5.26 Å². The fourth-order valence-electron chi connectivity index (χ4n) is 0.125. The van der Waals surface area contributed by atoms with Gasteiger partial charge in [-0.05, 0) is 0 Å². The standard InChI is InChI=1S/C4H3N2O2/c5-1-4-8-6-2-3-7/h2H,4H2. The largest absolute Gasteiger partial charge is 0.380 e. The second kappa shape index (κ2) is 5.63. The Morgan fingerprint density at radius 1 is 1.88 bits per heavy atom. The molecule has 0 heterocycles. The van der Waals surface area contributed by atoms with E-state index in [2.05, 4.69) is 9.99 Å². The Hall–Kier alpha value is -1.37. The van der Waals surface area contributed by atoms with Crippen molar-refractivity contribution in [2.45, 2.75) is 0 Å². The van der Waals surface area contributed by atoms with Crippen LogP contribution in [0.2, 0.25) is 0 Å². The molecule has 4 heteroatoms. The monoisotopic (exact) mass is 111 g/mol. The lowest BCUT2D eigenvalue weighted by Crippen LogP contribution is -1.82. The van der Waals surface area contributed by atoms with Gasteiger partial charge in [-0.2, -0.15) is 5.26 Å². The topological polar surface area (TPSA) is 62.4 Å². The summed E-state index contributed by atoms with van der Waals surface area (Å²) in [5, 5.41) is 10.8. The van der Waals surface area contributed by atoms with Gasteiger partial charge in [-0.3, -0.25) is 4.79 Å². The Balaban J connectivity index is 3.06. The highest BCUT2D eigenvalue weighted by Gasteiger charge is 1.72. The molecule has 0 spiro atoms. The predicted molar refractivity (Wildman–Crippen MR) is 25.8 cm³/mol. The predicted octanol–water partition coefficient (Wildman–Crippen LogP) is -0.378. The summed E-state index contributed by atoms with van der Waals surface area (Å²) in [4.78, 5) is 13.5. The Morgan fingerprint density at radius 2 is 2.62 bits per heavy atom. The van der Waals surface area contributed by atoms with Crippen molar-refractivity contribution in [1.82, 2.24) is 0 Å². The molecule has 0 bridgehead atoms. The molecule has 8 heavy (non-hydrogen) atoms. The molecule has 0 saturated heterocycles. The molecule has 0 amide bonds. The molecule has 0 rings (SSSR count). The van der Waals surface area contributed by atoms with Gasteiger partial charge in [0.2, 0.25) is 12.9 Å². The van der Waals surface area contributed by atoms with Crippen LogP contribution >= 0.6 is 0 Å². The molecule has 0 N–H and O–H groups in total. The molecule has 0 aromatic carbocycles. The highest BCUT2D eigenvalue weighted by molar-refractivity contribution is 6.13. The molecule has 0 fully saturated rings. The van der Waals surface area contributed by atoms with E-state index in [1.165, 1.54) is 6.29 Å². The van der Waals surface area contributed by atoms with Crippen molar-refractivity contribution < 1.29 is 9.63 Å². The van der Waals surface area contributed by atoms with Crippen LogP contribution in [0.5, 0.6) is 0 Å². The van der Waals surface area contributed by atoms with Crippen molar-refractivity contribution in [3.8, 4) is 6.07 Å². The summed E-state index contributed by atoms with van der Waals surface area (Å²) < 4.78 is 0. The fourth-order valence-corrected chi connectivity index (χ4v) is 0.125. The van der Waals surface area contributed by atoms with Crippen LogP contribution in [0.1, 0.15) is 0 Å². The summed E-state index contributed by atoms with van der Waals surface area (Å²) in [6.07, 6.45) is 2.15. The zero-order chi connectivity index (χ0) is 6.24. The van der Waals surface area contributed by atoms with Crippen LogP contribution in [0.4, 0.5) is 0 Å². The maximum absolute atomic E-state index is 9.33. The molecule has 0 aromatic heterocycles. The van der Waals surface area contributed by atoms with Gasteiger partial charge in [0, 0.05) is 0 Å². The van der Waals surface area contributed by atoms with Crippen molar-refractivity contribution in [3.05, 3.63) is 0 Å². The van der Waals surface area contributed by atoms with Crippen LogP contribution in [-0.4, -0.2) is 19.1 Å². The molecule has 0 saturated carbocycles. The summed E-state index contributed by atoms with van der Waals surface area (Å²) in [6.45, 7) is -0.141. The SMILES string of the molecule is N#CCON=C[C]=O. The van der Waals surface area contributed by atoms with Crippen molar-refractivity contribution in [2.24, 2.45) is 5.16 Å². The number of hydrogen-bond acceptors (Lipinski definition) is 4. The molecule has 0 aromatic rings. The number of nitrogens with zero attached hydrogens (tertiary/aromatic N) is 2. The van der Waals surface area contributed by atoms with E-state index in [1.807, 2.05) is 0 Å². The molecule has 1 radical (unpaired) electrons. The third-order valence-electron chi connectivity index (χ3n) is 0.309. The number of oxime groups is 1. The number of nitriles is 1. The van der Waals surface area contributed by atoms with Gasteiger partial charge in [-0.15, -0.1) is 0 Å². The minimum Gasteiger partial charge on any atom is -0.380 e. The second-order valence-electron chi connectivity index (χ2n) is 0.784. The summed E-state index contributed by atoms with van der Waals surface area (Å²) in [6, 6.07) is 1.66. The van der Waals surface area contributed by atoms with E-state index in [9.17, 15) is 4.79 Å². The number of hydrogen-bond donors (Lipinski definition) is 0. The first-order valence-corrected chi connectivity index (χ1v) is 1.80. The molecule has 4 nitrogen and oxygen atoms in total. The first-order valence-electron chi connectivity index (χ1n) is 1.80. The van der Waals surface area contributed by atoms with Gasteiger partial charge in [0.1, 0.15) is 12.3 Å². The second-order valence-corrected chi connectivity index (χ2v) is 0.784. The highest BCUT2D eigenvalue weighted by atomic mass is 16.6. The van der Waals surface area contributed by atoms with Gasteiger partial charge in [0.25, 0.3) is 0 Å². The molecule has 0 aliphatic carbocycles. The van der Waals surface area contributed by atoms with Gasteiger partial charge in [0.15, 0.2) is 0 Å². The first kappa shape index (κ1) is 6.63. The fraction of sp³-hybridized carbons (Fsp3) is 0.250. The molecular formula is C4H3N2O2. The van der Waals surface area contributed by atoms with Gasteiger partial charge < -0.3 is 4.84 Å². The molecule has 41 valence electrons. The van der Waals surface area contributed by atoms with Gasteiger partial charge in [-0.25, -0.2) is 0 Å². The molecular weight excluding hydrogens is 108 g/mol. The quantitative estimate of drug-likeness (QED) is 0.283. The minimum absolute atomic E-state index is 0.141. The van der Waals surface area contributed by atoms with Crippen LogP contribution in [0, 0.1) is 11.3 Å². The number of rotatable bonds is 3.